The Balaban J connectivity index is 2.23. The zero-order valence-electron chi connectivity index (χ0n) is 11.9. The van der Waals surface area contributed by atoms with E-state index in [9.17, 15) is 31.5 Å². The number of piperidine rings is 1. The first kappa shape index (κ1) is 17.5. The summed E-state index contributed by atoms with van der Waals surface area (Å²) in [7, 11) is -5.54. The Labute approximate surface area is 131 Å². The number of nitrogens with one attached hydrogen (secondary N) is 1. The lowest BCUT2D eigenvalue weighted by atomic mass is 10.1. The van der Waals surface area contributed by atoms with E-state index in [2.05, 4.69) is 0 Å². The summed E-state index contributed by atoms with van der Waals surface area (Å²) < 4.78 is 61.4. The fourth-order valence-electron chi connectivity index (χ4n) is 2.24. The Morgan fingerprint density at radius 3 is 2.61 bits per heavy atom. The van der Waals surface area contributed by atoms with Gasteiger partial charge in [0.25, 0.3) is 5.91 Å². The number of halogens is 3. The van der Waals surface area contributed by atoms with E-state index >= 15 is 0 Å². The number of aliphatic hydroxyl groups is 1. The number of likely N-dealkylation sites (tertiary alicyclic amines) is 1. The summed E-state index contributed by atoms with van der Waals surface area (Å²) in [5.41, 5.74) is -5.47. The fraction of sp³-hybridized carbons (Fsp3) is 0.462. The molecule has 1 aliphatic heterocycles. The van der Waals surface area contributed by atoms with Gasteiger partial charge in [-0.2, -0.15) is 21.6 Å². The molecule has 2 N–H and O–H groups in total. The van der Waals surface area contributed by atoms with E-state index in [1.54, 1.807) is 0 Å². The second-order valence-electron chi connectivity index (χ2n) is 5.13. The van der Waals surface area contributed by atoms with Crippen molar-refractivity contribution in [2.24, 2.45) is 0 Å². The molecule has 0 bridgehead atoms. The molecule has 1 heterocycles. The summed E-state index contributed by atoms with van der Waals surface area (Å²) in [5.74, 6) is -0.523. The van der Waals surface area contributed by atoms with Crippen molar-refractivity contribution in [3.63, 3.8) is 0 Å². The van der Waals surface area contributed by atoms with Crippen molar-refractivity contribution in [3.8, 4) is 0 Å². The zero-order valence-corrected chi connectivity index (χ0v) is 12.7. The van der Waals surface area contributed by atoms with Crippen molar-refractivity contribution in [3.05, 3.63) is 29.8 Å². The van der Waals surface area contributed by atoms with Crippen LogP contribution in [0.5, 0.6) is 0 Å². The van der Waals surface area contributed by atoms with Crippen LogP contribution in [0.15, 0.2) is 24.3 Å². The number of aliphatic hydroxyl groups excluding tert-OH is 1. The number of benzene rings is 1. The van der Waals surface area contributed by atoms with Gasteiger partial charge in [0.05, 0.1) is 5.69 Å². The first-order chi connectivity index (χ1) is 10.6. The van der Waals surface area contributed by atoms with Crippen LogP contribution in [0.4, 0.5) is 18.9 Å². The van der Waals surface area contributed by atoms with Crippen molar-refractivity contribution in [1.82, 2.24) is 4.90 Å². The molecule has 1 fully saturated rings. The number of para-hydroxylation sites is 1. The van der Waals surface area contributed by atoms with E-state index in [1.807, 2.05) is 0 Å². The number of carbonyl (C=O) groups is 1. The van der Waals surface area contributed by atoms with Gasteiger partial charge in [-0.1, -0.05) is 18.2 Å². The van der Waals surface area contributed by atoms with E-state index < -0.39 is 27.5 Å². The third-order valence-corrected chi connectivity index (χ3v) is 4.53. The van der Waals surface area contributed by atoms with Gasteiger partial charge >= 0.3 is 15.5 Å². The highest BCUT2D eigenvalue weighted by atomic mass is 32.2. The molecule has 0 saturated carbocycles. The van der Waals surface area contributed by atoms with E-state index in [4.69, 9.17) is 0 Å². The number of hydrogen-bond acceptors (Lipinski definition) is 4. The van der Waals surface area contributed by atoms with Crippen molar-refractivity contribution in [2.45, 2.75) is 31.0 Å². The van der Waals surface area contributed by atoms with Gasteiger partial charge in [-0.25, -0.2) is 0 Å². The lowest BCUT2D eigenvalue weighted by Crippen LogP contribution is -2.43. The quantitative estimate of drug-likeness (QED) is 0.858. The van der Waals surface area contributed by atoms with Crippen LogP contribution in [-0.4, -0.2) is 42.5 Å². The minimum absolute atomic E-state index is 0.0908. The highest BCUT2D eigenvalue weighted by Gasteiger charge is 2.46. The van der Waals surface area contributed by atoms with E-state index in [0.29, 0.717) is 19.4 Å². The maximum atomic E-state index is 12.5. The summed E-state index contributed by atoms with van der Waals surface area (Å²) in [6, 6.07) is 5.50. The predicted molar refractivity (Wildman–Crippen MR) is 75.7 cm³/mol. The van der Waals surface area contributed by atoms with Crippen molar-refractivity contribution in [2.75, 3.05) is 11.3 Å². The molecule has 23 heavy (non-hydrogen) atoms. The predicted octanol–water partition coefficient (Wildman–Crippen LogP) is 1.43. The number of rotatable bonds is 4. The molecule has 1 aromatic rings. The average molecular weight is 352 g/mol. The molecule has 1 atom stereocenters. The van der Waals surface area contributed by atoms with Gasteiger partial charge in [-0.05, 0) is 24.5 Å². The third kappa shape index (κ3) is 3.94. The van der Waals surface area contributed by atoms with Crippen molar-refractivity contribution < 1.29 is 31.5 Å². The Kier molecular flexibility index (Phi) is 4.85. The molecule has 128 valence electrons. The second-order valence-corrected chi connectivity index (χ2v) is 6.80. The van der Waals surface area contributed by atoms with Crippen LogP contribution >= 0.6 is 0 Å². The topological polar surface area (TPSA) is 86.7 Å². The molecule has 1 unspecified atom stereocenters. The normalized spacial score (nSPS) is 19.7. The monoisotopic (exact) mass is 352 g/mol. The zero-order chi connectivity index (χ0) is 17.3. The van der Waals surface area contributed by atoms with E-state index in [0.717, 1.165) is 0 Å². The van der Waals surface area contributed by atoms with Crippen molar-refractivity contribution >= 4 is 21.6 Å². The molecule has 1 amide bonds. The lowest BCUT2D eigenvalue weighted by Gasteiger charge is -2.30. The smallest absolute Gasteiger partial charge is 0.383 e. The first-order valence-corrected chi connectivity index (χ1v) is 8.24. The number of carbonyl (C=O) groups excluding carboxylic acids is 1. The SMILES string of the molecule is O=C1C(O)CCCN1Cc1ccccc1NS(=O)(=O)C(F)(F)F. The molecule has 1 saturated heterocycles. The number of hydrogen-bond donors (Lipinski definition) is 2. The van der Waals surface area contributed by atoms with Gasteiger partial charge in [-0.15, -0.1) is 0 Å². The van der Waals surface area contributed by atoms with Crippen LogP contribution < -0.4 is 4.72 Å². The number of amides is 1. The molecule has 0 aromatic heterocycles. The van der Waals surface area contributed by atoms with Crippen LogP contribution in [0.3, 0.4) is 0 Å². The van der Waals surface area contributed by atoms with E-state index in [-0.39, 0.29) is 17.8 Å². The molecule has 10 heteroatoms. The van der Waals surface area contributed by atoms with Gasteiger partial charge < -0.3 is 10.0 Å². The minimum atomic E-state index is -5.54. The number of nitrogens with zero attached hydrogens (tertiary/aromatic N) is 1. The van der Waals surface area contributed by atoms with Crippen LogP contribution in [0.1, 0.15) is 18.4 Å². The summed E-state index contributed by atoms with van der Waals surface area (Å²) in [5, 5.41) is 9.54. The van der Waals surface area contributed by atoms with Gasteiger partial charge in [0, 0.05) is 13.1 Å². The average Bonchev–Trinajstić information content (AvgIpc) is 2.44. The standard InChI is InChI=1S/C13H15F3N2O4S/c14-13(15,16)23(21,22)17-10-5-2-1-4-9(10)8-18-7-3-6-11(19)12(18)20/h1-2,4-5,11,17,19H,3,6-8H2. The maximum Gasteiger partial charge on any atom is 0.516 e. The van der Waals surface area contributed by atoms with Gasteiger partial charge in [0.1, 0.15) is 6.10 Å². The third-order valence-electron chi connectivity index (χ3n) is 3.43. The number of anilines is 1. The summed E-state index contributed by atoms with van der Waals surface area (Å²) in [6.45, 7) is 0.253. The molecule has 0 spiro atoms. The summed E-state index contributed by atoms with van der Waals surface area (Å²) in [4.78, 5) is 13.1. The Morgan fingerprint density at radius 2 is 1.96 bits per heavy atom. The molecule has 0 aliphatic carbocycles. The minimum Gasteiger partial charge on any atom is -0.383 e. The largest absolute Gasteiger partial charge is 0.516 e. The molecule has 2 rings (SSSR count). The molecular weight excluding hydrogens is 337 g/mol. The molecule has 0 radical (unpaired) electrons. The van der Waals surface area contributed by atoms with Crippen LogP contribution in [0, 0.1) is 0 Å². The summed E-state index contributed by atoms with van der Waals surface area (Å²) >= 11 is 0. The van der Waals surface area contributed by atoms with Gasteiger partial charge in [0.15, 0.2) is 0 Å². The Bertz CT molecular complexity index is 691. The van der Waals surface area contributed by atoms with Crippen LogP contribution in [0.25, 0.3) is 0 Å². The van der Waals surface area contributed by atoms with Gasteiger partial charge in [-0.3, -0.25) is 9.52 Å². The first-order valence-electron chi connectivity index (χ1n) is 6.75. The molecule has 6 nitrogen and oxygen atoms in total. The molecule has 1 aromatic carbocycles. The van der Waals surface area contributed by atoms with Gasteiger partial charge in [0.2, 0.25) is 0 Å². The molecular formula is C13H15F3N2O4S. The fourth-order valence-corrected chi connectivity index (χ4v) is 2.85. The Hall–Kier alpha value is -1.81. The summed E-state index contributed by atoms with van der Waals surface area (Å²) in [6.07, 6.45) is -0.246. The second kappa shape index (κ2) is 6.36. The number of sulfonamides is 1. The Morgan fingerprint density at radius 1 is 1.30 bits per heavy atom. The maximum absolute atomic E-state index is 12.5. The lowest BCUT2D eigenvalue weighted by molar-refractivity contribution is -0.144. The van der Waals surface area contributed by atoms with Crippen molar-refractivity contribution in [1.29, 1.82) is 0 Å². The highest BCUT2D eigenvalue weighted by molar-refractivity contribution is 7.93. The van der Waals surface area contributed by atoms with Crippen LogP contribution in [0.2, 0.25) is 0 Å². The van der Waals surface area contributed by atoms with Crippen LogP contribution in [-0.2, 0) is 21.4 Å². The number of alkyl halides is 3. The molecule has 1 aliphatic rings. The highest BCUT2D eigenvalue weighted by Crippen LogP contribution is 2.28. The van der Waals surface area contributed by atoms with E-state index in [1.165, 1.54) is 33.9 Å².